The molecule has 1 fully saturated rings. The first-order chi connectivity index (χ1) is 9.15. The first kappa shape index (κ1) is 14.2. The molecular weight excluding hydrogens is 238 g/mol. The predicted octanol–water partition coefficient (Wildman–Crippen LogP) is 1.68. The highest BCUT2D eigenvalue weighted by molar-refractivity contribution is 5.57. The fraction of sp³-hybridized carbons (Fsp3) is 0.600. The van der Waals surface area contributed by atoms with E-state index in [-0.39, 0.29) is 0 Å². The molecular formula is C15H25N3O. The molecule has 1 aliphatic rings. The molecule has 4 heteroatoms. The lowest BCUT2D eigenvalue weighted by Gasteiger charge is -2.29. The summed E-state index contributed by atoms with van der Waals surface area (Å²) in [7, 11) is 6.05. The van der Waals surface area contributed by atoms with E-state index in [9.17, 15) is 0 Å². The summed E-state index contributed by atoms with van der Waals surface area (Å²) in [6.07, 6.45) is 2.58. The SMILES string of the molecule is COc1ccc(CN)c(N(C)CC2CCCN2C)c1. The van der Waals surface area contributed by atoms with Crippen molar-refractivity contribution in [2.24, 2.45) is 5.73 Å². The van der Waals surface area contributed by atoms with Gasteiger partial charge in [-0.15, -0.1) is 0 Å². The Morgan fingerprint density at radius 3 is 2.84 bits per heavy atom. The molecule has 0 amide bonds. The van der Waals surface area contributed by atoms with E-state index in [1.165, 1.54) is 30.6 Å². The van der Waals surface area contributed by atoms with Gasteiger partial charge in [0.15, 0.2) is 0 Å². The predicted molar refractivity (Wildman–Crippen MR) is 79.8 cm³/mol. The van der Waals surface area contributed by atoms with Crippen molar-refractivity contribution in [2.75, 3.05) is 39.2 Å². The van der Waals surface area contributed by atoms with E-state index in [1.807, 2.05) is 6.07 Å². The maximum atomic E-state index is 5.84. The van der Waals surface area contributed by atoms with Gasteiger partial charge in [0.05, 0.1) is 7.11 Å². The lowest BCUT2D eigenvalue weighted by molar-refractivity contribution is 0.314. The Bertz CT molecular complexity index is 422. The van der Waals surface area contributed by atoms with Crippen molar-refractivity contribution in [1.82, 2.24) is 4.90 Å². The minimum Gasteiger partial charge on any atom is -0.497 e. The molecule has 0 aromatic heterocycles. The van der Waals surface area contributed by atoms with Gasteiger partial charge in [0.25, 0.3) is 0 Å². The van der Waals surface area contributed by atoms with Crippen LogP contribution in [0.5, 0.6) is 5.75 Å². The van der Waals surface area contributed by atoms with Crippen molar-refractivity contribution in [3.05, 3.63) is 23.8 Å². The quantitative estimate of drug-likeness (QED) is 0.877. The number of nitrogens with zero attached hydrogens (tertiary/aromatic N) is 2. The van der Waals surface area contributed by atoms with Gasteiger partial charge in [-0.3, -0.25) is 0 Å². The van der Waals surface area contributed by atoms with Crippen molar-refractivity contribution in [3.63, 3.8) is 0 Å². The number of rotatable bonds is 5. The Morgan fingerprint density at radius 2 is 2.26 bits per heavy atom. The van der Waals surface area contributed by atoms with E-state index in [0.29, 0.717) is 12.6 Å². The van der Waals surface area contributed by atoms with E-state index in [2.05, 4.69) is 36.0 Å². The highest BCUT2D eigenvalue weighted by Crippen LogP contribution is 2.26. The van der Waals surface area contributed by atoms with Crippen molar-refractivity contribution in [3.8, 4) is 5.75 Å². The summed E-state index contributed by atoms with van der Waals surface area (Å²) < 4.78 is 5.32. The number of nitrogens with two attached hydrogens (primary N) is 1. The number of ether oxygens (including phenoxy) is 1. The molecule has 0 spiro atoms. The van der Waals surface area contributed by atoms with Crippen LogP contribution in [-0.4, -0.2) is 45.2 Å². The molecule has 4 nitrogen and oxygen atoms in total. The minimum atomic E-state index is 0.560. The molecule has 1 aromatic rings. The number of hydrogen-bond acceptors (Lipinski definition) is 4. The van der Waals surface area contributed by atoms with Crippen LogP contribution in [0.15, 0.2) is 18.2 Å². The highest BCUT2D eigenvalue weighted by atomic mass is 16.5. The summed E-state index contributed by atoms with van der Waals surface area (Å²) >= 11 is 0. The van der Waals surface area contributed by atoms with Gasteiger partial charge in [-0.05, 0) is 38.1 Å². The molecule has 0 bridgehead atoms. The molecule has 1 unspecified atom stereocenters. The molecule has 106 valence electrons. The monoisotopic (exact) mass is 263 g/mol. The van der Waals surface area contributed by atoms with E-state index in [0.717, 1.165) is 12.3 Å². The number of methoxy groups -OCH3 is 1. The van der Waals surface area contributed by atoms with Crippen molar-refractivity contribution in [1.29, 1.82) is 0 Å². The van der Waals surface area contributed by atoms with E-state index in [4.69, 9.17) is 10.5 Å². The molecule has 1 aromatic carbocycles. The third-order valence-electron chi connectivity index (χ3n) is 4.08. The Balaban J connectivity index is 2.14. The van der Waals surface area contributed by atoms with Crippen LogP contribution in [0.4, 0.5) is 5.69 Å². The topological polar surface area (TPSA) is 41.7 Å². The van der Waals surface area contributed by atoms with Crippen LogP contribution in [0.1, 0.15) is 18.4 Å². The van der Waals surface area contributed by atoms with Gasteiger partial charge in [0, 0.05) is 37.9 Å². The summed E-state index contributed by atoms with van der Waals surface area (Å²) in [5.74, 6) is 0.888. The van der Waals surface area contributed by atoms with Crippen LogP contribution < -0.4 is 15.4 Å². The van der Waals surface area contributed by atoms with Gasteiger partial charge in [-0.2, -0.15) is 0 Å². The molecule has 1 saturated heterocycles. The minimum absolute atomic E-state index is 0.560. The van der Waals surface area contributed by atoms with Crippen LogP contribution in [0.25, 0.3) is 0 Å². The lowest BCUT2D eigenvalue weighted by Crippen LogP contribution is -2.37. The normalized spacial score (nSPS) is 19.7. The number of hydrogen-bond donors (Lipinski definition) is 1. The van der Waals surface area contributed by atoms with Crippen LogP contribution in [0.3, 0.4) is 0 Å². The zero-order valence-electron chi connectivity index (χ0n) is 12.2. The Kier molecular flexibility index (Phi) is 4.66. The zero-order valence-corrected chi connectivity index (χ0v) is 12.2. The average Bonchev–Trinajstić information content (AvgIpc) is 2.83. The fourth-order valence-corrected chi connectivity index (χ4v) is 2.82. The second-order valence-corrected chi connectivity index (χ2v) is 5.36. The molecule has 1 atom stereocenters. The zero-order chi connectivity index (χ0) is 13.8. The Hall–Kier alpha value is -1.26. The van der Waals surface area contributed by atoms with Gasteiger partial charge >= 0.3 is 0 Å². The molecule has 0 aliphatic carbocycles. The van der Waals surface area contributed by atoms with E-state index in [1.54, 1.807) is 7.11 Å². The van der Waals surface area contributed by atoms with Crippen LogP contribution in [0.2, 0.25) is 0 Å². The smallest absolute Gasteiger partial charge is 0.120 e. The van der Waals surface area contributed by atoms with Gasteiger partial charge in [0.2, 0.25) is 0 Å². The Morgan fingerprint density at radius 1 is 1.47 bits per heavy atom. The van der Waals surface area contributed by atoms with Crippen LogP contribution in [-0.2, 0) is 6.54 Å². The van der Waals surface area contributed by atoms with Gasteiger partial charge in [-0.1, -0.05) is 6.07 Å². The maximum absolute atomic E-state index is 5.84. The van der Waals surface area contributed by atoms with Crippen LogP contribution >= 0.6 is 0 Å². The van der Waals surface area contributed by atoms with Gasteiger partial charge in [-0.25, -0.2) is 0 Å². The average molecular weight is 263 g/mol. The number of benzene rings is 1. The Labute approximate surface area is 116 Å². The van der Waals surface area contributed by atoms with Crippen molar-refractivity contribution in [2.45, 2.75) is 25.4 Å². The third kappa shape index (κ3) is 3.19. The first-order valence-corrected chi connectivity index (χ1v) is 6.94. The third-order valence-corrected chi connectivity index (χ3v) is 4.08. The molecule has 1 heterocycles. The highest BCUT2D eigenvalue weighted by Gasteiger charge is 2.22. The maximum Gasteiger partial charge on any atom is 0.120 e. The fourth-order valence-electron chi connectivity index (χ4n) is 2.82. The molecule has 0 radical (unpaired) electrons. The standard InChI is InChI=1S/C15H25N3O/c1-17-8-4-5-13(17)11-18(2)15-9-14(19-3)7-6-12(15)10-16/h6-7,9,13H,4-5,8,10-11,16H2,1-3H3. The molecule has 0 saturated carbocycles. The largest absolute Gasteiger partial charge is 0.497 e. The van der Waals surface area contributed by atoms with Gasteiger partial charge in [0.1, 0.15) is 5.75 Å². The molecule has 19 heavy (non-hydrogen) atoms. The van der Waals surface area contributed by atoms with Crippen molar-refractivity contribution >= 4 is 5.69 Å². The second kappa shape index (κ2) is 6.26. The lowest BCUT2D eigenvalue weighted by atomic mass is 10.1. The number of likely N-dealkylation sites (tertiary alicyclic amines) is 1. The second-order valence-electron chi connectivity index (χ2n) is 5.36. The van der Waals surface area contributed by atoms with Gasteiger partial charge < -0.3 is 20.3 Å². The summed E-state index contributed by atoms with van der Waals surface area (Å²) in [5, 5.41) is 0. The molecule has 1 aliphatic heterocycles. The van der Waals surface area contributed by atoms with E-state index < -0.39 is 0 Å². The van der Waals surface area contributed by atoms with E-state index >= 15 is 0 Å². The van der Waals surface area contributed by atoms with Crippen LogP contribution in [0, 0.1) is 0 Å². The first-order valence-electron chi connectivity index (χ1n) is 6.94. The molecule has 2 rings (SSSR count). The summed E-state index contributed by atoms with van der Waals surface area (Å²) in [5.41, 5.74) is 8.19. The summed E-state index contributed by atoms with van der Waals surface area (Å²) in [6, 6.07) is 6.75. The number of anilines is 1. The molecule has 2 N–H and O–H groups in total. The van der Waals surface area contributed by atoms with Crippen molar-refractivity contribution < 1.29 is 4.74 Å². The summed E-state index contributed by atoms with van der Waals surface area (Å²) in [6.45, 7) is 2.81. The summed E-state index contributed by atoms with van der Waals surface area (Å²) in [4.78, 5) is 4.75. The number of likely N-dealkylation sites (N-methyl/N-ethyl adjacent to an activating group) is 2.